The van der Waals surface area contributed by atoms with Crippen molar-refractivity contribution in [2.75, 3.05) is 0 Å². The fourth-order valence-electron chi connectivity index (χ4n) is 0.336. The van der Waals surface area contributed by atoms with Crippen LogP contribution >= 0.6 is 0 Å². The van der Waals surface area contributed by atoms with Gasteiger partial charge in [-0.05, 0) is 6.07 Å². The average Bonchev–Trinajstić information content (AvgIpc) is 2.19. The third-order valence-electron chi connectivity index (χ3n) is 0.666. The molecule has 1 heterocycles. The molecule has 1 rings (SSSR count). The van der Waals surface area contributed by atoms with Gasteiger partial charge in [0.15, 0.2) is 0 Å². The summed E-state index contributed by atoms with van der Waals surface area (Å²) in [6.45, 7) is 0. The van der Waals surface area contributed by atoms with E-state index in [1.54, 1.807) is 6.07 Å². The monoisotopic (exact) mass is 93.0 g/mol. The fourth-order valence-corrected chi connectivity index (χ4v) is 0.336. The second-order valence-electron chi connectivity index (χ2n) is 1.14. The van der Waals surface area contributed by atoms with Crippen molar-refractivity contribution in [3.63, 3.8) is 0 Å². The highest BCUT2D eigenvalue weighted by atomic mass is 16.3. The molecule has 0 amide bonds. The summed E-state index contributed by atoms with van der Waals surface area (Å²) in [5, 5.41) is 0. The fraction of sp³-hybridized carbons (Fsp3) is 0. The smallest absolute Gasteiger partial charge is 0.124 e. The predicted molar refractivity (Wildman–Crippen MR) is 26.6 cm³/mol. The van der Waals surface area contributed by atoms with Gasteiger partial charge in [0.1, 0.15) is 7.63 Å². The minimum absolute atomic E-state index is 0.750. The predicted octanol–water partition coefficient (Wildman–Crippen LogP) is 1.26. The summed E-state index contributed by atoms with van der Waals surface area (Å²) < 4.78 is 11.2. The molecule has 1 aromatic rings. The van der Waals surface area contributed by atoms with E-state index >= 15 is 0 Å². The number of furan rings is 1. The zero-order chi connectivity index (χ0) is 5.82. The maximum absolute atomic E-state index is 6.48. The van der Waals surface area contributed by atoms with Crippen molar-refractivity contribution in [1.82, 2.24) is 0 Å². The van der Waals surface area contributed by atoms with E-state index in [-0.39, 0.29) is 0 Å². The van der Waals surface area contributed by atoms with Gasteiger partial charge in [-0.15, -0.1) is 6.40 Å². The molecule has 34 valence electrons. The van der Waals surface area contributed by atoms with Crippen molar-refractivity contribution < 1.29 is 5.79 Å². The third kappa shape index (κ3) is 0.635. The summed E-state index contributed by atoms with van der Waals surface area (Å²) in [6, 6.07) is 1.71. The van der Waals surface area contributed by atoms with Crippen LogP contribution in [0.2, 0.25) is 0 Å². The standard InChI is InChI=1S/C6H4O/c1-2-6-3-4-7-5-6/h1,3-5H/i1D. The first-order valence-electron chi connectivity index (χ1n) is 2.38. The molecule has 0 saturated heterocycles. The summed E-state index contributed by atoms with van der Waals surface area (Å²) in [4.78, 5) is 0. The SMILES string of the molecule is [2H]C#Cc1ccoc1. The summed E-state index contributed by atoms with van der Waals surface area (Å²) in [5.41, 5.74) is 0.750. The van der Waals surface area contributed by atoms with E-state index in [0.29, 0.717) is 0 Å². The van der Waals surface area contributed by atoms with Gasteiger partial charge < -0.3 is 4.42 Å². The van der Waals surface area contributed by atoms with Gasteiger partial charge in [-0.3, -0.25) is 0 Å². The minimum Gasteiger partial charge on any atom is -0.471 e. The molecule has 0 aliphatic heterocycles. The lowest BCUT2D eigenvalue weighted by Crippen LogP contribution is -1.54. The molecule has 7 heavy (non-hydrogen) atoms. The number of rotatable bonds is 0. The van der Waals surface area contributed by atoms with Gasteiger partial charge in [0.2, 0.25) is 0 Å². The van der Waals surface area contributed by atoms with Crippen LogP contribution < -0.4 is 0 Å². The molecule has 0 atom stereocenters. The van der Waals surface area contributed by atoms with Gasteiger partial charge in [-0.25, -0.2) is 0 Å². The highest BCUT2D eigenvalue weighted by Gasteiger charge is 1.80. The van der Waals surface area contributed by atoms with E-state index in [1.165, 1.54) is 12.5 Å². The van der Waals surface area contributed by atoms with Crippen molar-refractivity contribution in [3.8, 4) is 12.3 Å². The Morgan fingerprint density at radius 3 is 3.57 bits per heavy atom. The Hall–Kier alpha value is -1.16. The van der Waals surface area contributed by atoms with Crippen LogP contribution in [0.5, 0.6) is 0 Å². The number of hydrogen-bond acceptors (Lipinski definition) is 1. The Balaban J connectivity index is 2.88. The molecule has 0 aliphatic carbocycles. The van der Waals surface area contributed by atoms with Crippen molar-refractivity contribution in [2.45, 2.75) is 0 Å². The summed E-state index contributed by atoms with van der Waals surface area (Å²) in [6.07, 6.45) is 5.04. The van der Waals surface area contributed by atoms with Gasteiger partial charge >= 0.3 is 0 Å². The molecule has 0 N–H and O–H groups in total. The van der Waals surface area contributed by atoms with E-state index in [0.717, 1.165) is 5.56 Å². The first-order valence-corrected chi connectivity index (χ1v) is 1.88. The molecule has 0 radical (unpaired) electrons. The second-order valence-corrected chi connectivity index (χ2v) is 1.14. The van der Waals surface area contributed by atoms with Gasteiger partial charge in [-0.2, -0.15) is 0 Å². The Labute approximate surface area is 43.4 Å². The maximum atomic E-state index is 6.48. The first-order chi connectivity index (χ1) is 3.93. The molecule has 0 fully saturated rings. The van der Waals surface area contributed by atoms with Crippen molar-refractivity contribution in [1.29, 1.82) is 0 Å². The Morgan fingerprint density at radius 1 is 2.00 bits per heavy atom. The summed E-state index contributed by atoms with van der Waals surface area (Å²) in [5.74, 6) is 2.51. The van der Waals surface area contributed by atoms with Crippen LogP contribution in [0.4, 0.5) is 0 Å². The Bertz CT molecular complexity index is 202. The highest BCUT2D eigenvalue weighted by molar-refractivity contribution is 5.26. The largest absolute Gasteiger partial charge is 0.471 e. The zero-order valence-corrected chi connectivity index (χ0v) is 3.64. The Kier molecular flexibility index (Phi) is 0.637. The van der Waals surface area contributed by atoms with Gasteiger partial charge in [0, 0.05) is 0 Å². The maximum Gasteiger partial charge on any atom is 0.124 e. The molecule has 1 nitrogen and oxygen atoms in total. The van der Waals surface area contributed by atoms with Crippen LogP contribution in [-0.2, 0) is 0 Å². The zero-order valence-electron chi connectivity index (χ0n) is 4.64. The van der Waals surface area contributed by atoms with E-state index in [2.05, 4.69) is 10.3 Å². The number of terminal acetylenes is 1. The average molecular weight is 93.1 g/mol. The topological polar surface area (TPSA) is 13.1 Å². The quantitative estimate of drug-likeness (QED) is 0.440. The minimum atomic E-state index is 0.750. The van der Waals surface area contributed by atoms with Gasteiger partial charge in [0.25, 0.3) is 0 Å². The molecule has 0 aromatic carbocycles. The normalized spacial score (nSPS) is 8.86. The molecule has 0 saturated carbocycles. The molecule has 1 aromatic heterocycles. The second kappa shape index (κ2) is 1.53. The van der Waals surface area contributed by atoms with Crippen molar-refractivity contribution in [3.05, 3.63) is 24.2 Å². The molecule has 0 bridgehead atoms. The van der Waals surface area contributed by atoms with E-state index in [1.807, 2.05) is 6.40 Å². The van der Waals surface area contributed by atoms with Crippen LogP contribution in [-0.4, -0.2) is 0 Å². The molecular weight excluding hydrogens is 88.1 g/mol. The lowest BCUT2D eigenvalue weighted by Gasteiger charge is -1.64. The van der Waals surface area contributed by atoms with Crippen LogP contribution in [0.3, 0.4) is 0 Å². The third-order valence-corrected chi connectivity index (χ3v) is 0.666. The molecule has 1 heteroatoms. The summed E-state index contributed by atoms with van der Waals surface area (Å²) >= 11 is 0. The van der Waals surface area contributed by atoms with Gasteiger partial charge in [-0.1, -0.05) is 5.92 Å². The van der Waals surface area contributed by atoms with Crippen LogP contribution in [0.1, 0.15) is 6.93 Å². The first kappa shape index (κ1) is 2.92. The lowest BCUT2D eigenvalue weighted by atomic mass is 10.4. The lowest BCUT2D eigenvalue weighted by molar-refractivity contribution is 0.566. The number of hydrogen-bond donors (Lipinski definition) is 0. The van der Waals surface area contributed by atoms with E-state index < -0.39 is 0 Å². The highest BCUT2D eigenvalue weighted by Crippen LogP contribution is 1.94. The molecule has 0 aliphatic rings. The van der Waals surface area contributed by atoms with Crippen LogP contribution in [0.25, 0.3) is 0 Å². The van der Waals surface area contributed by atoms with Crippen LogP contribution in [0, 0.1) is 12.3 Å². The molecule has 0 spiro atoms. The van der Waals surface area contributed by atoms with Gasteiger partial charge in [0.05, 0.1) is 11.8 Å². The van der Waals surface area contributed by atoms with Crippen molar-refractivity contribution >= 4 is 0 Å². The van der Waals surface area contributed by atoms with Crippen LogP contribution in [0.15, 0.2) is 23.0 Å². The Morgan fingerprint density at radius 2 is 3.00 bits per heavy atom. The van der Waals surface area contributed by atoms with E-state index in [4.69, 9.17) is 1.37 Å². The molecular formula is C6H4O. The van der Waals surface area contributed by atoms with Crippen molar-refractivity contribution in [2.24, 2.45) is 0 Å². The van der Waals surface area contributed by atoms with E-state index in [9.17, 15) is 0 Å². The summed E-state index contributed by atoms with van der Waals surface area (Å²) in [7, 11) is 0. The molecule has 0 unspecified atom stereocenters.